The molecule has 2 heterocycles. The summed E-state index contributed by atoms with van der Waals surface area (Å²) < 4.78 is 78.2. The molecule has 8 rings (SSSR count). The van der Waals surface area contributed by atoms with Crippen molar-refractivity contribution in [1.29, 1.82) is 5.26 Å². The second-order valence-electron chi connectivity index (χ2n) is 11.7. The Balaban J connectivity index is 1.60. The highest BCUT2D eigenvalue weighted by Gasteiger charge is 2.29. The number of fused-ring (bicyclic) bond motifs is 6. The van der Waals surface area contributed by atoms with Gasteiger partial charge in [0.05, 0.1) is 39.0 Å². The Kier molecular flexibility index (Phi) is 6.25. The minimum Gasteiger partial charge on any atom is -0.308 e. The van der Waals surface area contributed by atoms with Crippen molar-refractivity contribution in [2.45, 2.75) is 13.8 Å². The third-order valence-electron chi connectivity index (χ3n) is 8.84. The van der Waals surface area contributed by atoms with Crippen molar-refractivity contribution in [2.75, 3.05) is 0 Å². The Morgan fingerprint density at radius 1 is 0.489 bits per heavy atom. The van der Waals surface area contributed by atoms with E-state index < -0.39 is 34.6 Å². The molecule has 0 spiro atoms. The van der Waals surface area contributed by atoms with E-state index in [1.807, 2.05) is 98.8 Å². The van der Waals surface area contributed by atoms with Gasteiger partial charge in [0, 0.05) is 21.5 Å². The number of hydrogen-bond acceptors (Lipinski definition) is 1. The first-order valence-electron chi connectivity index (χ1n) is 14.8. The van der Waals surface area contributed by atoms with Crippen molar-refractivity contribution in [2.24, 2.45) is 0 Å². The summed E-state index contributed by atoms with van der Waals surface area (Å²) in [7, 11) is 0. The Morgan fingerprint density at radius 2 is 0.894 bits per heavy atom. The van der Waals surface area contributed by atoms with Gasteiger partial charge in [-0.1, -0.05) is 59.7 Å². The van der Waals surface area contributed by atoms with Gasteiger partial charge in [0.1, 0.15) is 11.6 Å². The molecule has 0 amide bonds. The summed E-state index contributed by atoms with van der Waals surface area (Å²) in [6.45, 7) is 3.91. The topological polar surface area (TPSA) is 33.6 Å². The molecule has 0 saturated carbocycles. The number of aromatic nitrogens is 2. The number of hydrogen-bond donors (Lipinski definition) is 0. The zero-order chi connectivity index (χ0) is 32.7. The van der Waals surface area contributed by atoms with Crippen LogP contribution in [0.2, 0.25) is 0 Å². The number of aryl methyl sites for hydroxylation is 2. The van der Waals surface area contributed by atoms with Crippen molar-refractivity contribution >= 4 is 43.6 Å². The Morgan fingerprint density at radius 3 is 1.34 bits per heavy atom. The molecular weight excluding hydrogens is 605 g/mol. The second-order valence-corrected chi connectivity index (χ2v) is 11.7. The van der Waals surface area contributed by atoms with Gasteiger partial charge in [-0.05, 0) is 67.9 Å². The highest BCUT2D eigenvalue weighted by molar-refractivity contribution is 6.11. The highest BCUT2D eigenvalue weighted by Crippen LogP contribution is 2.42. The van der Waals surface area contributed by atoms with E-state index in [2.05, 4.69) is 6.07 Å². The first-order chi connectivity index (χ1) is 22.7. The van der Waals surface area contributed by atoms with Crippen LogP contribution in [0.1, 0.15) is 16.7 Å². The lowest BCUT2D eigenvalue weighted by atomic mass is 9.98. The fraction of sp³-hybridized carbons (Fsp3) is 0.0513. The predicted octanol–water partition coefficient (Wildman–Crippen LogP) is 10.7. The maximum atomic E-state index is 15.5. The van der Waals surface area contributed by atoms with Crippen molar-refractivity contribution in [3.05, 3.63) is 143 Å². The molecule has 0 atom stereocenters. The molecule has 0 saturated heterocycles. The molecule has 3 nitrogen and oxygen atoms in total. The first kappa shape index (κ1) is 28.5. The van der Waals surface area contributed by atoms with Crippen molar-refractivity contribution in [3.63, 3.8) is 0 Å². The monoisotopic (exact) mass is 627 g/mol. The van der Waals surface area contributed by atoms with Gasteiger partial charge in [-0.2, -0.15) is 5.26 Å². The molecule has 6 aromatic carbocycles. The van der Waals surface area contributed by atoms with Gasteiger partial charge in [-0.15, -0.1) is 0 Å². The van der Waals surface area contributed by atoms with Crippen molar-refractivity contribution < 1.29 is 22.0 Å². The van der Waals surface area contributed by atoms with E-state index in [4.69, 9.17) is 0 Å². The molecule has 0 aliphatic heterocycles. The number of halogens is 5. The molecule has 8 aromatic rings. The average molecular weight is 628 g/mol. The lowest BCUT2D eigenvalue weighted by Gasteiger charge is -2.19. The van der Waals surface area contributed by atoms with Gasteiger partial charge in [-0.3, -0.25) is 0 Å². The largest absolute Gasteiger partial charge is 0.308 e. The molecule has 0 radical (unpaired) electrons. The van der Waals surface area contributed by atoms with Gasteiger partial charge in [0.25, 0.3) is 0 Å². The lowest BCUT2D eigenvalue weighted by Crippen LogP contribution is -2.08. The molecule has 47 heavy (non-hydrogen) atoms. The molecule has 0 aliphatic carbocycles. The predicted molar refractivity (Wildman–Crippen MR) is 175 cm³/mol. The van der Waals surface area contributed by atoms with Gasteiger partial charge in [0.15, 0.2) is 23.3 Å². The van der Waals surface area contributed by atoms with E-state index in [-0.39, 0.29) is 22.5 Å². The van der Waals surface area contributed by atoms with Crippen LogP contribution in [0.25, 0.3) is 66.1 Å². The number of rotatable bonds is 3. The normalized spacial score (nSPS) is 11.7. The molecule has 0 fully saturated rings. The zero-order valence-electron chi connectivity index (χ0n) is 25.0. The summed E-state index contributed by atoms with van der Waals surface area (Å²) in [5, 5.41) is 14.4. The van der Waals surface area contributed by atoms with Crippen LogP contribution in [0.15, 0.2) is 97.1 Å². The quantitative estimate of drug-likeness (QED) is 0.109. The van der Waals surface area contributed by atoms with Gasteiger partial charge in [0.2, 0.25) is 5.82 Å². The Hall–Kier alpha value is -5.94. The minimum absolute atomic E-state index is 0.143. The average Bonchev–Trinajstić information content (AvgIpc) is 3.58. The summed E-state index contributed by atoms with van der Waals surface area (Å²) in [6.07, 6.45) is 0. The minimum atomic E-state index is -2.24. The number of benzene rings is 6. The summed E-state index contributed by atoms with van der Waals surface area (Å²) in [5.41, 5.74) is 4.01. The van der Waals surface area contributed by atoms with Crippen LogP contribution in [0.3, 0.4) is 0 Å². The Bertz CT molecular complexity index is 2510. The van der Waals surface area contributed by atoms with E-state index in [1.54, 1.807) is 9.13 Å². The number of nitrogens with zero attached hydrogens (tertiary/aromatic N) is 3. The molecule has 2 aromatic heterocycles. The second kappa shape index (κ2) is 10.3. The molecule has 0 bridgehead atoms. The molecular formula is C39H22F5N3. The van der Waals surface area contributed by atoms with E-state index in [1.165, 1.54) is 12.1 Å². The van der Waals surface area contributed by atoms with E-state index in [0.29, 0.717) is 22.1 Å². The maximum Gasteiger partial charge on any atom is 0.200 e. The summed E-state index contributed by atoms with van der Waals surface area (Å²) in [6, 6.07) is 31.6. The number of nitriles is 1. The summed E-state index contributed by atoms with van der Waals surface area (Å²) in [5.74, 6) is -10.3. The van der Waals surface area contributed by atoms with Crippen LogP contribution < -0.4 is 0 Å². The van der Waals surface area contributed by atoms with E-state index in [0.717, 1.165) is 32.7 Å². The maximum absolute atomic E-state index is 15.5. The smallest absolute Gasteiger partial charge is 0.200 e. The fourth-order valence-corrected chi connectivity index (χ4v) is 6.77. The van der Waals surface area contributed by atoms with Crippen LogP contribution in [0.4, 0.5) is 22.0 Å². The SMILES string of the molecule is Cc1ccc2c(c1)c1ccccc1n2-c1cc(-c2c(F)c(F)c(F)c(F)c2F)cc(-n2c3ccccc3c3cc(C)ccc32)c1C#N. The zero-order valence-corrected chi connectivity index (χ0v) is 25.0. The Labute approximate surface area is 264 Å². The first-order valence-corrected chi connectivity index (χ1v) is 14.8. The third kappa shape index (κ3) is 4.03. The molecule has 8 heteroatoms. The van der Waals surface area contributed by atoms with Gasteiger partial charge >= 0.3 is 0 Å². The van der Waals surface area contributed by atoms with Crippen molar-refractivity contribution in [3.8, 4) is 28.6 Å². The third-order valence-corrected chi connectivity index (χ3v) is 8.84. The molecule has 0 unspecified atom stereocenters. The van der Waals surface area contributed by atoms with Crippen LogP contribution in [0.5, 0.6) is 0 Å². The van der Waals surface area contributed by atoms with Crippen LogP contribution in [0, 0.1) is 54.3 Å². The summed E-state index contributed by atoms with van der Waals surface area (Å²) in [4.78, 5) is 0. The van der Waals surface area contributed by atoms with E-state index >= 15 is 8.78 Å². The molecule has 0 aliphatic rings. The molecule has 0 N–H and O–H groups in total. The van der Waals surface area contributed by atoms with Crippen molar-refractivity contribution in [1.82, 2.24) is 9.13 Å². The number of para-hydroxylation sites is 2. The lowest BCUT2D eigenvalue weighted by molar-refractivity contribution is 0.381. The fourth-order valence-electron chi connectivity index (χ4n) is 6.77. The van der Waals surface area contributed by atoms with Crippen LogP contribution in [-0.2, 0) is 0 Å². The molecule has 228 valence electrons. The van der Waals surface area contributed by atoms with E-state index in [9.17, 15) is 18.4 Å². The standard InChI is InChI=1S/C39H22F5N3/c1-20-11-13-30-25(15-20)23-7-3-5-9-28(23)46(30)32-17-22(34-35(40)37(42)39(44)38(43)36(34)41)18-33(27(32)19-45)47-29-10-6-4-8-24(29)26-16-21(2)12-14-31(26)47/h3-18H,1-2H3. The van der Waals surface area contributed by atoms with Crippen LogP contribution >= 0.6 is 0 Å². The van der Waals surface area contributed by atoms with Gasteiger partial charge in [-0.25, -0.2) is 22.0 Å². The van der Waals surface area contributed by atoms with Crippen LogP contribution in [-0.4, -0.2) is 9.13 Å². The highest BCUT2D eigenvalue weighted by atomic mass is 19.2. The summed E-state index contributed by atoms with van der Waals surface area (Å²) >= 11 is 0. The van der Waals surface area contributed by atoms with Gasteiger partial charge < -0.3 is 9.13 Å².